The van der Waals surface area contributed by atoms with Crippen molar-refractivity contribution in [3.05, 3.63) is 0 Å². The third kappa shape index (κ3) is 3.48. The maximum atomic E-state index is 13.8. The molecule has 0 amide bonds. The first-order valence-corrected chi connectivity index (χ1v) is 7.42. The summed E-state index contributed by atoms with van der Waals surface area (Å²) in [5.41, 5.74) is 0. The fourth-order valence-corrected chi connectivity index (χ4v) is 2.37. The molecule has 3 atom stereocenters. The Morgan fingerprint density at radius 3 is 0.808 bits per heavy atom. The molecule has 0 aliphatic heterocycles. The normalized spacial score (nSPS) is 22.4. The zero-order chi connectivity index (χ0) is 22.0. The van der Waals surface area contributed by atoms with Gasteiger partial charge in [0, 0.05) is 0 Å². The average molecular weight is 537 g/mol. The monoisotopic (exact) mass is 534 g/mol. The number of alkyl halides is 18. The maximum absolute atomic E-state index is 13.8. The fraction of sp³-hybridized carbons (Fsp3) is 1.00. The zero-order valence-electron chi connectivity index (χ0n) is 10.8. The highest BCUT2D eigenvalue weighted by Crippen LogP contribution is 2.66. The van der Waals surface area contributed by atoms with Crippen molar-refractivity contribution in [2.45, 2.75) is 43.1 Å². The largest absolute Gasteiger partial charge is 0.375 e. The van der Waals surface area contributed by atoms with Crippen LogP contribution in [0.15, 0.2) is 0 Å². The first kappa shape index (κ1) is 26.9. The zero-order valence-corrected chi connectivity index (χ0v) is 15.3. The molecule has 0 aromatic rings. The van der Waals surface area contributed by atoms with Crippen molar-refractivity contribution in [3.8, 4) is 0 Å². The average Bonchev–Trinajstić information content (AvgIpc) is 2.34. The van der Waals surface area contributed by atoms with E-state index in [4.69, 9.17) is 0 Å². The highest BCUT2D eigenvalue weighted by atomic mass is 35.5. The third-order valence-electron chi connectivity index (χ3n) is 2.68. The van der Waals surface area contributed by atoms with E-state index < -0.39 is 43.1 Å². The molecule has 0 saturated heterocycles. The second kappa shape index (κ2) is 6.72. The quantitative estimate of drug-likeness (QED) is 0.233. The van der Waals surface area contributed by atoms with E-state index in [0.29, 0.717) is 0 Å². The predicted octanol–water partition coefficient (Wildman–Crippen LogP) is 7.54. The molecule has 0 fully saturated rings. The summed E-state index contributed by atoms with van der Waals surface area (Å²) < 4.78 is 154. The Morgan fingerprint density at radius 2 is 0.577 bits per heavy atom. The van der Waals surface area contributed by atoms with E-state index >= 15 is 0 Å². The number of rotatable bonds is 7. The molecule has 0 aliphatic rings. The summed E-state index contributed by atoms with van der Waals surface area (Å²) in [5, 5.41) is -26.0. The lowest BCUT2D eigenvalue weighted by molar-refractivity contribution is -0.312. The van der Waals surface area contributed by atoms with Gasteiger partial charge in [-0.1, -0.05) is 58.0 Å². The van der Waals surface area contributed by atoms with Crippen LogP contribution in [0.4, 0.5) is 52.7 Å². The minimum atomic E-state index is -7.29. The van der Waals surface area contributed by atoms with Crippen molar-refractivity contribution in [1.29, 1.82) is 0 Å². The van der Waals surface area contributed by atoms with Crippen LogP contribution in [0.3, 0.4) is 0 Å². The van der Waals surface area contributed by atoms with E-state index in [-0.39, 0.29) is 0 Å². The molecule has 18 heteroatoms. The van der Waals surface area contributed by atoms with Gasteiger partial charge in [0.1, 0.15) is 0 Å². The van der Waals surface area contributed by atoms with Crippen LogP contribution >= 0.6 is 69.6 Å². The molecule has 0 nitrogen and oxygen atoms in total. The third-order valence-corrected chi connectivity index (χ3v) is 4.94. The lowest BCUT2D eigenvalue weighted by Crippen LogP contribution is -2.72. The van der Waals surface area contributed by atoms with Gasteiger partial charge >= 0.3 is 43.1 Å². The molecule has 0 spiro atoms. The Morgan fingerprint density at radius 1 is 0.346 bits per heavy atom. The van der Waals surface area contributed by atoms with Crippen molar-refractivity contribution in [2.24, 2.45) is 0 Å². The van der Waals surface area contributed by atoms with E-state index in [1.807, 2.05) is 0 Å². The first-order chi connectivity index (χ1) is 10.8. The van der Waals surface area contributed by atoms with Crippen LogP contribution in [-0.4, -0.2) is 43.1 Å². The molecule has 0 aliphatic carbocycles. The van der Waals surface area contributed by atoms with Crippen molar-refractivity contribution in [2.75, 3.05) is 0 Å². The van der Waals surface area contributed by atoms with Crippen LogP contribution in [0.25, 0.3) is 0 Å². The van der Waals surface area contributed by atoms with Gasteiger partial charge < -0.3 is 0 Å². The molecular formula is C8Cl6F12. The molecule has 26 heavy (non-hydrogen) atoms. The lowest BCUT2D eigenvalue weighted by Gasteiger charge is -2.44. The Kier molecular flexibility index (Phi) is 6.95. The van der Waals surface area contributed by atoms with Gasteiger partial charge in [-0.05, 0) is 11.6 Å². The van der Waals surface area contributed by atoms with Crippen LogP contribution in [0.2, 0.25) is 0 Å². The van der Waals surface area contributed by atoms with E-state index in [1.54, 1.807) is 0 Å². The van der Waals surface area contributed by atoms with Gasteiger partial charge in [-0.3, -0.25) is 0 Å². The van der Waals surface area contributed by atoms with Gasteiger partial charge in [0.15, 0.2) is 0 Å². The Balaban J connectivity index is 6.61. The van der Waals surface area contributed by atoms with Crippen LogP contribution in [0, 0.1) is 0 Å². The molecule has 0 bridgehead atoms. The van der Waals surface area contributed by atoms with Crippen molar-refractivity contribution < 1.29 is 52.7 Å². The van der Waals surface area contributed by atoms with E-state index in [9.17, 15) is 52.7 Å². The highest BCUT2D eigenvalue weighted by molar-refractivity contribution is 6.48. The van der Waals surface area contributed by atoms with Crippen LogP contribution < -0.4 is 0 Å². The van der Waals surface area contributed by atoms with Crippen molar-refractivity contribution >= 4 is 69.6 Å². The highest BCUT2D eigenvalue weighted by Gasteiger charge is 2.91. The maximum Gasteiger partial charge on any atom is 0.375 e. The Bertz CT molecular complexity index is 485. The predicted molar refractivity (Wildman–Crippen MR) is 70.3 cm³/mol. The Labute approximate surface area is 165 Å². The van der Waals surface area contributed by atoms with Gasteiger partial charge in [-0.2, -0.15) is 35.1 Å². The van der Waals surface area contributed by atoms with Crippen LogP contribution in [-0.2, 0) is 0 Å². The molecule has 0 saturated carbocycles. The van der Waals surface area contributed by atoms with Gasteiger partial charge in [0.25, 0.3) is 0 Å². The molecular weight excluding hydrogens is 537 g/mol. The topological polar surface area (TPSA) is 0 Å². The Hall–Kier alpha value is 0.900. The number of halogens is 18. The summed E-state index contributed by atoms with van der Waals surface area (Å²) >= 11 is 23.6. The first-order valence-electron chi connectivity index (χ1n) is 5.15. The second-order valence-electron chi connectivity index (χ2n) is 4.44. The second-order valence-corrected chi connectivity index (χ2v) is 7.71. The smallest absolute Gasteiger partial charge is 0.212 e. The fourth-order valence-electron chi connectivity index (χ4n) is 1.14. The molecule has 0 unspecified atom stereocenters. The lowest BCUT2D eigenvalue weighted by atomic mass is 9.95. The summed E-state index contributed by atoms with van der Waals surface area (Å²) in [4.78, 5) is 0. The molecule has 0 heterocycles. The summed E-state index contributed by atoms with van der Waals surface area (Å²) in [6, 6.07) is 0. The van der Waals surface area contributed by atoms with Crippen LogP contribution in [0.5, 0.6) is 0 Å². The SMILES string of the molecule is FC(Cl)(Cl)C(F)(F)[C@](F)(Cl)C(F)(F)[C@@](F)(Cl)C(F)(F)[C@@](F)(Cl)C(F)(F)Cl. The molecule has 158 valence electrons. The molecule has 0 aromatic carbocycles. The summed E-state index contributed by atoms with van der Waals surface area (Å²) in [7, 11) is 0. The standard InChI is InChI=1S/C8Cl6F12/c9-1(15,5(20,21)3(11,17)8(14,25)26)4(18,19)2(10,16)6(22,23)7(12,13)24/t1-,2-,3-/m0/s1. The molecule has 0 N–H and O–H groups in total. The van der Waals surface area contributed by atoms with Crippen molar-refractivity contribution in [1.82, 2.24) is 0 Å². The van der Waals surface area contributed by atoms with E-state index in [2.05, 4.69) is 69.6 Å². The minimum Gasteiger partial charge on any atom is -0.212 e. The van der Waals surface area contributed by atoms with Crippen molar-refractivity contribution in [3.63, 3.8) is 0 Å². The minimum absolute atomic E-state index is 3.77. The summed E-state index contributed by atoms with van der Waals surface area (Å²) in [6.07, 6.45) is 0. The molecule has 0 rings (SSSR count). The summed E-state index contributed by atoms with van der Waals surface area (Å²) in [6.45, 7) is 0. The van der Waals surface area contributed by atoms with E-state index in [0.717, 1.165) is 0 Å². The number of hydrogen-bond donors (Lipinski definition) is 0. The van der Waals surface area contributed by atoms with Gasteiger partial charge in [0.2, 0.25) is 0 Å². The molecule has 0 aromatic heterocycles. The van der Waals surface area contributed by atoms with Gasteiger partial charge in [0.05, 0.1) is 0 Å². The molecule has 0 radical (unpaired) electrons. The number of hydrogen-bond acceptors (Lipinski definition) is 0. The summed E-state index contributed by atoms with van der Waals surface area (Å²) in [5.74, 6) is -21.1. The van der Waals surface area contributed by atoms with Gasteiger partial charge in [-0.15, -0.1) is 0 Å². The van der Waals surface area contributed by atoms with Crippen LogP contribution in [0.1, 0.15) is 0 Å². The van der Waals surface area contributed by atoms with Gasteiger partial charge in [-0.25, -0.2) is 17.6 Å². The van der Waals surface area contributed by atoms with E-state index in [1.165, 1.54) is 0 Å².